The number of nitrogens with zero attached hydrogens (tertiary/aromatic N) is 2. The summed E-state index contributed by atoms with van der Waals surface area (Å²) < 4.78 is 5.55. The predicted octanol–water partition coefficient (Wildman–Crippen LogP) is 2.74. The zero-order chi connectivity index (χ0) is 19.6. The van der Waals surface area contributed by atoms with Gasteiger partial charge in [-0.25, -0.2) is 0 Å². The summed E-state index contributed by atoms with van der Waals surface area (Å²) in [5.41, 5.74) is 2.45. The number of benzene rings is 1. The van der Waals surface area contributed by atoms with Crippen LogP contribution in [0.3, 0.4) is 0 Å². The standard InChI is InChI=1S/C20H21N3O4/c1-12-10-15(8-9-21-12)22-19(25)7-5-17(24)14-4-6-18-16(11-14)23(3)20(26)13(2)27-18/h4,6,8-11,13H,5,7H2,1-3H3,(H,21,22,25). The molecule has 1 aromatic heterocycles. The number of pyridine rings is 1. The highest BCUT2D eigenvalue weighted by Gasteiger charge is 2.29. The first-order valence-electron chi connectivity index (χ1n) is 8.69. The molecule has 7 nitrogen and oxygen atoms in total. The van der Waals surface area contributed by atoms with Crippen LogP contribution in [0.15, 0.2) is 36.5 Å². The van der Waals surface area contributed by atoms with E-state index in [9.17, 15) is 14.4 Å². The number of amides is 2. The summed E-state index contributed by atoms with van der Waals surface area (Å²) in [5, 5.41) is 2.75. The lowest BCUT2D eigenvalue weighted by molar-refractivity contribution is -0.125. The van der Waals surface area contributed by atoms with Gasteiger partial charge in [0, 0.05) is 43.0 Å². The first-order valence-corrected chi connectivity index (χ1v) is 8.69. The van der Waals surface area contributed by atoms with E-state index in [2.05, 4.69) is 10.3 Å². The first kappa shape index (κ1) is 18.6. The Balaban J connectivity index is 1.63. The van der Waals surface area contributed by atoms with Gasteiger partial charge in [0.05, 0.1) is 5.69 Å². The second-order valence-corrected chi connectivity index (χ2v) is 6.50. The van der Waals surface area contributed by atoms with Gasteiger partial charge in [-0.1, -0.05) is 0 Å². The van der Waals surface area contributed by atoms with E-state index in [4.69, 9.17) is 4.74 Å². The molecule has 1 atom stereocenters. The Hall–Kier alpha value is -3.22. The maximum atomic E-state index is 12.5. The van der Waals surface area contributed by atoms with Crippen molar-refractivity contribution >= 4 is 29.0 Å². The molecule has 1 unspecified atom stereocenters. The molecule has 2 amide bonds. The van der Waals surface area contributed by atoms with E-state index in [1.54, 1.807) is 50.5 Å². The Kier molecular flexibility index (Phi) is 5.21. The molecule has 0 saturated carbocycles. The molecule has 0 spiro atoms. The molecular weight excluding hydrogens is 346 g/mol. The molecule has 2 heterocycles. The van der Waals surface area contributed by atoms with Gasteiger partial charge >= 0.3 is 0 Å². The van der Waals surface area contributed by atoms with Crippen molar-refractivity contribution in [1.82, 2.24) is 4.98 Å². The molecule has 27 heavy (non-hydrogen) atoms. The largest absolute Gasteiger partial charge is 0.479 e. The number of hydrogen-bond donors (Lipinski definition) is 1. The first-order chi connectivity index (χ1) is 12.8. The van der Waals surface area contributed by atoms with Gasteiger partial charge in [-0.15, -0.1) is 0 Å². The van der Waals surface area contributed by atoms with Gasteiger partial charge in [-0.2, -0.15) is 0 Å². The van der Waals surface area contributed by atoms with Crippen molar-refractivity contribution < 1.29 is 19.1 Å². The Bertz CT molecular complexity index is 910. The van der Waals surface area contributed by atoms with Gasteiger partial charge in [0.15, 0.2) is 11.9 Å². The van der Waals surface area contributed by atoms with Crippen LogP contribution in [-0.4, -0.2) is 35.7 Å². The molecule has 0 bridgehead atoms. The van der Waals surface area contributed by atoms with E-state index in [0.29, 0.717) is 22.7 Å². The predicted molar refractivity (Wildman–Crippen MR) is 101 cm³/mol. The molecule has 1 aliphatic rings. The highest BCUT2D eigenvalue weighted by atomic mass is 16.5. The Morgan fingerprint density at radius 1 is 1.22 bits per heavy atom. The van der Waals surface area contributed by atoms with Crippen molar-refractivity contribution in [3.8, 4) is 5.75 Å². The number of likely N-dealkylation sites (N-methyl/N-ethyl adjacent to an activating group) is 1. The molecule has 1 aliphatic heterocycles. The number of ether oxygens (including phenoxy) is 1. The number of aryl methyl sites for hydroxylation is 1. The molecule has 3 rings (SSSR count). The van der Waals surface area contributed by atoms with Gasteiger partial charge in [0.1, 0.15) is 5.75 Å². The third-order valence-corrected chi connectivity index (χ3v) is 4.38. The number of ketones is 1. The average Bonchev–Trinajstić information content (AvgIpc) is 2.64. The Labute approximate surface area is 157 Å². The minimum Gasteiger partial charge on any atom is -0.479 e. The summed E-state index contributed by atoms with van der Waals surface area (Å²) in [7, 11) is 1.65. The van der Waals surface area contributed by atoms with E-state index in [1.807, 2.05) is 6.92 Å². The quantitative estimate of drug-likeness (QED) is 0.821. The second kappa shape index (κ2) is 7.57. The van der Waals surface area contributed by atoms with Crippen LogP contribution >= 0.6 is 0 Å². The van der Waals surface area contributed by atoms with Crippen LogP contribution in [0, 0.1) is 6.92 Å². The molecule has 0 saturated heterocycles. The van der Waals surface area contributed by atoms with E-state index >= 15 is 0 Å². The molecule has 140 valence electrons. The minimum atomic E-state index is -0.551. The summed E-state index contributed by atoms with van der Waals surface area (Å²) in [5.74, 6) is -0.0132. The number of rotatable bonds is 5. The van der Waals surface area contributed by atoms with Crippen molar-refractivity contribution in [2.24, 2.45) is 0 Å². The Morgan fingerprint density at radius 3 is 2.74 bits per heavy atom. The molecule has 0 aliphatic carbocycles. The fraction of sp³-hybridized carbons (Fsp3) is 0.300. The van der Waals surface area contributed by atoms with Crippen LogP contribution in [-0.2, 0) is 9.59 Å². The van der Waals surface area contributed by atoms with Crippen LogP contribution in [0.5, 0.6) is 5.75 Å². The number of hydrogen-bond acceptors (Lipinski definition) is 5. The molecule has 0 radical (unpaired) electrons. The summed E-state index contributed by atoms with van der Waals surface area (Å²) >= 11 is 0. The Morgan fingerprint density at radius 2 is 2.00 bits per heavy atom. The molecule has 0 fully saturated rings. The van der Waals surface area contributed by atoms with Gasteiger partial charge in [0.25, 0.3) is 5.91 Å². The van der Waals surface area contributed by atoms with Gasteiger partial charge in [-0.3, -0.25) is 19.4 Å². The van der Waals surface area contributed by atoms with Crippen LogP contribution in [0.2, 0.25) is 0 Å². The number of anilines is 2. The lowest BCUT2D eigenvalue weighted by Gasteiger charge is -2.30. The van der Waals surface area contributed by atoms with E-state index in [0.717, 1.165) is 5.69 Å². The van der Waals surface area contributed by atoms with Crippen LogP contribution in [0.4, 0.5) is 11.4 Å². The average molecular weight is 367 g/mol. The number of Topliss-reactive ketones (excluding diaryl/α,β-unsaturated/α-hetero) is 1. The SMILES string of the molecule is Cc1cc(NC(=O)CCC(=O)c2ccc3c(c2)N(C)C(=O)C(C)O3)ccn1. The summed E-state index contributed by atoms with van der Waals surface area (Å²) in [4.78, 5) is 42.1. The third kappa shape index (κ3) is 4.13. The monoisotopic (exact) mass is 367 g/mol. The van der Waals surface area contributed by atoms with Gasteiger partial charge in [-0.05, 0) is 44.2 Å². The molecular formula is C20H21N3O4. The molecule has 1 aromatic carbocycles. The van der Waals surface area contributed by atoms with Crippen LogP contribution in [0.1, 0.15) is 35.8 Å². The van der Waals surface area contributed by atoms with E-state index in [1.165, 1.54) is 4.90 Å². The maximum absolute atomic E-state index is 12.5. The second-order valence-electron chi connectivity index (χ2n) is 6.50. The lowest BCUT2D eigenvalue weighted by atomic mass is 10.0. The molecule has 2 aromatic rings. The van der Waals surface area contributed by atoms with E-state index in [-0.39, 0.29) is 30.4 Å². The van der Waals surface area contributed by atoms with Crippen molar-refractivity contribution in [1.29, 1.82) is 0 Å². The lowest BCUT2D eigenvalue weighted by Crippen LogP contribution is -2.42. The fourth-order valence-electron chi connectivity index (χ4n) is 2.90. The molecule has 7 heteroatoms. The highest BCUT2D eigenvalue weighted by Crippen LogP contribution is 2.34. The van der Waals surface area contributed by atoms with Gasteiger partial charge in [0.2, 0.25) is 5.91 Å². The van der Waals surface area contributed by atoms with Crippen molar-refractivity contribution in [2.75, 3.05) is 17.3 Å². The smallest absolute Gasteiger partial charge is 0.267 e. The van der Waals surface area contributed by atoms with Crippen molar-refractivity contribution in [2.45, 2.75) is 32.8 Å². The van der Waals surface area contributed by atoms with E-state index < -0.39 is 6.10 Å². The highest BCUT2D eigenvalue weighted by molar-refractivity contribution is 6.04. The summed E-state index contributed by atoms with van der Waals surface area (Å²) in [6.07, 6.45) is 1.21. The van der Waals surface area contributed by atoms with Crippen molar-refractivity contribution in [3.05, 3.63) is 47.8 Å². The number of fused-ring (bicyclic) bond motifs is 1. The number of carbonyl (C=O) groups excluding carboxylic acids is 3. The summed E-state index contributed by atoms with van der Waals surface area (Å²) in [6, 6.07) is 8.43. The van der Waals surface area contributed by atoms with Crippen LogP contribution < -0.4 is 15.0 Å². The number of nitrogens with one attached hydrogen (secondary N) is 1. The minimum absolute atomic E-state index is 0.0690. The van der Waals surface area contributed by atoms with Crippen LogP contribution in [0.25, 0.3) is 0 Å². The third-order valence-electron chi connectivity index (χ3n) is 4.38. The maximum Gasteiger partial charge on any atom is 0.267 e. The number of carbonyl (C=O) groups is 3. The van der Waals surface area contributed by atoms with Gasteiger partial charge < -0.3 is 15.0 Å². The normalized spacial score (nSPS) is 15.7. The zero-order valence-corrected chi connectivity index (χ0v) is 15.5. The topological polar surface area (TPSA) is 88.6 Å². The fourth-order valence-corrected chi connectivity index (χ4v) is 2.90. The van der Waals surface area contributed by atoms with Crippen molar-refractivity contribution in [3.63, 3.8) is 0 Å². The number of aromatic nitrogens is 1. The molecule has 1 N–H and O–H groups in total. The zero-order valence-electron chi connectivity index (χ0n) is 15.5. The summed E-state index contributed by atoms with van der Waals surface area (Å²) in [6.45, 7) is 3.52.